The second-order valence-corrected chi connectivity index (χ2v) is 6.45. The minimum absolute atomic E-state index is 0.410. The van der Waals surface area contributed by atoms with Crippen molar-refractivity contribution in [3.63, 3.8) is 0 Å². The van der Waals surface area contributed by atoms with Gasteiger partial charge in [-0.3, -0.25) is 0 Å². The molecule has 0 aliphatic carbocycles. The van der Waals surface area contributed by atoms with Crippen molar-refractivity contribution in [2.45, 2.75) is 5.16 Å². The molecule has 0 unspecified atom stereocenters. The molecule has 136 valence electrons. The molecular formula is C16H20N8OS. The molecule has 3 rings (SSSR count). The first-order chi connectivity index (χ1) is 12.7. The van der Waals surface area contributed by atoms with E-state index in [9.17, 15) is 0 Å². The van der Waals surface area contributed by atoms with Crippen molar-refractivity contribution in [2.24, 2.45) is 0 Å². The van der Waals surface area contributed by atoms with Gasteiger partial charge < -0.3 is 15.0 Å². The van der Waals surface area contributed by atoms with Crippen molar-refractivity contribution in [3.05, 3.63) is 36.7 Å². The van der Waals surface area contributed by atoms with Gasteiger partial charge in [0.1, 0.15) is 12.1 Å². The Morgan fingerprint density at radius 1 is 1.15 bits per heavy atom. The quantitative estimate of drug-likeness (QED) is 0.468. The smallest absolute Gasteiger partial charge is 0.258 e. The third kappa shape index (κ3) is 4.60. The van der Waals surface area contributed by atoms with Gasteiger partial charge in [0.15, 0.2) is 0 Å². The third-order valence-electron chi connectivity index (χ3n) is 3.24. The van der Waals surface area contributed by atoms with E-state index in [0.717, 1.165) is 11.5 Å². The zero-order valence-electron chi connectivity index (χ0n) is 14.8. The van der Waals surface area contributed by atoms with Gasteiger partial charge in [-0.25, -0.2) is 4.98 Å². The van der Waals surface area contributed by atoms with Crippen LogP contribution in [0.1, 0.15) is 0 Å². The fourth-order valence-electron chi connectivity index (χ4n) is 1.99. The predicted molar refractivity (Wildman–Crippen MR) is 101 cm³/mol. The van der Waals surface area contributed by atoms with Gasteiger partial charge >= 0.3 is 0 Å². The maximum atomic E-state index is 5.66. The minimum Gasteiger partial charge on any atom is -0.493 e. The number of nitrogens with one attached hydrogen (secondary N) is 1. The summed E-state index contributed by atoms with van der Waals surface area (Å²) in [6.45, 7) is 0.573. The molecule has 1 N–H and O–H groups in total. The summed E-state index contributed by atoms with van der Waals surface area (Å²) in [7, 11) is 5.50. The number of para-hydroxylation sites is 1. The van der Waals surface area contributed by atoms with E-state index in [2.05, 4.69) is 30.4 Å². The van der Waals surface area contributed by atoms with Crippen molar-refractivity contribution in [2.75, 3.05) is 43.7 Å². The Balaban J connectivity index is 1.61. The lowest BCUT2D eigenvalue weighted by Gasteiger charge is -2.11. The van der Waals surface area contributed by atoms with Crippen LogP contribution in [0.5, 0.6) is 5.75 Å². The van der Waals surface area contributed by atoms with Crippen LogP contribution >= 0.6 is 11.8 Å². The van der Waals surface area contributed by atoms with Crippen LogP contribution < -0.4 is 15.0 Å². The Hall–Kier alpha value is -2.88. The summed E-state index contributed by atoms with van der Waals surface area (Å²) in [5.74, 6) is 3.02. The van der Waals surface area contributed by atoms with Gasteiger partial charge in [-0.1, -0.05) is 30.0 Å². The van der Waals surface area contributed by atoms with E-state index in [0.29, 0.717) is 29.6 Å². The molecule has 0 aliphatic heterocycles. The lowest BCUT2D eigenvalue weighted by atomic mass is 10.3. The van der Waals surface area contributed by atoms with Crippen molar-refractivity contribution < 1.29 is 4.74 Å². The summed E-state index contributed by atoms with van der Waals surface area (Å²) in [4.78, 5) is 19.1. The summed E-state index contributed by atoms with van der Waals surface area (Å²) in [5.41, 5.74) is 0. The van der Waals surface area contributed by atoms with Gasteiger partial charge in [-0.2, -0.15) is 19.6 Å². The van der Waals surface area contributed by atoms with Gasteiger partial charge in [-0.05, 0) is 12.1 Å². The van der Waals surface area contributed by atoms with E-state index < -0.39 is 0 Å². The van der Waals surface area contributed by atoms with Crippen LogP contribution in [0, 0.1) is 0 Å². The maximum Gasteiger partial charge on any atom is 0.258 e. The Bertz CT molecular complexity index is 839. The second-order valence-electron chi connectivity index (χ2n) is 5.39. The largest absolute Gasteiger partial charge is 0.493 e. The van der Waals surface area contributed by atoms with E-state index in [4.69, 9.17) is 4.74 Å². The average molecular weight is 372 g/mol. The highest BCUT2D eigenvalue weighted by atomic mass is 32.2. The molecule has 0 radical (unpaired) electrons. The molecule has 0 fully saturated rings. The van der Waals surface area contributed by atoms with Crippen molar-refractivity contribution in [3.8, 4) is 11.7 Å². The number of anilines is 2. The molecule has 0 aliphatic rings. The van der Waals surface area contributed by atoms with Gasteiger partial charge in [0.25, 0.3) is 5.95 Å². The number of hydrogen-bond acceptors (Lipinski definition) is 9. The molecule has 10 heteroatoms. The lowest BCUT2D eigenvalue weighted by molar-refractivity contribution is 0.344. The summed E-state index contributed by atoms with van der Waals surface area (Å²) in [5, 5.41) is 7.98. The minimum atomic E-state index is 0.410. The third-order valence-corrected chi connectivity index (χ3v) is 4.05. The van der Waals surface area contributed by atoms with Crippen molar-refractivity contribution in [1.29, 1.82) is 0 Å². The molecule has 26 heavy (non-hydrogen) atoms. The highest BCUT2D eigenvalue weighted by molar-refractivity contribution is 7.99. The van der Waals surface area contributed by atoms with E-state index >= 15 is 0 Å². The highest BCUT2D eigenvalue weighted by Gasteiger charge is 2.11. The fraction of sp³-hybridized carbons (Fsp3) is 0.312. The van der Waals surface area contributed by atoms with Gasteiger partial charge in [0.05, 0.1) is 6.61 Å². The molecular weight excluding hydrogens is 352 g/mol. The summed E-state index contributed by atoms with van der Waals surface area (Å²) in [6.07, 6.45) is 1.59. The highest BCUT2D eigenvalue weighted by Crippen LogP contribution is 2.16. The molecule has 0 saturated carbocycles. The normalized spacial score (nSPS) is 10.6. The summed E-state index contributed by atoms with van der Waals surface area (Å²) >= 11 is 1.51. The summed E-state index contributed by atoms with van der Waals surface area (Å²) in [6, 6.07) is 9.71. The zero-order valence-corrected chi connectivity index (χ0v) is 15.6. The van der Waals surface area contributed by atoms with Gasteiger partial charge in [-0.15, -0.1) is 5.10 Å². The molecule has 1 aromatic carbocycles. The standard InChI is InChI=1S/C16H20N8OS/c1-17-13-19-14(23(2)3)21-15(20-13)24-11-18-16(22-24)26-10-9-25-12-7-5-4-6-8-12/h4-8,11H,9-10H2,1-3H3,(H,17,19,20,21). The molecule has 2 aromatic heterocycles. The first kappa shape index (κ1) is 17.9. The van der Waals surface area contributed by atoms with Crippen molar-refractivity contribution in [1.82, 2.24) is 29.7 Å². The lowest BCUT2D eigenvalue weighted by Crippen LogP contribution is -2.17. The Morgan fingerprint density at radius 3 is 2.69 bits per heavy atom. The molecule has 0 spiro atoms. The van der Waals surface area contributed by atoms with Crippen molar-refractivity contribution >= 4 is 23.7 Å². The number of nitrogens with zero attached hydrogens (tertiary/aromatic N) is 7. The second kappa shape index (κ2) is 8.48. The topological polar surface area (TPSA) is 93.9 Å². The fourth-order valence-corrected chi connectivity index (χ4v) is 2.60. The van der Waals surface area contributed by atoms with Crippen LogP contribution in [0.25, 0.3) is 5.95 Å². The number of thioether (sulfide) groups is 1. The van der Waals surface area contributed by atoms with Crippen LogP contribution in [-0.2, 0) is 0 Å². The number of benzene rings is 1. The van der Waals surface area contributed by atoms with Gasteiger partial charge in [0.2, 0.25) is 17.1 Å². The molecule has 3 aromatic rings. The Labute approximate surface area is 155 Å². The SMILES string of the molecule is CNc1nc(N(C)C)nc(-n2cnc(SCCOc3ccccc3)n2)n1. The zero-order chi connectivity index (χ0) is 18.4. The average Bonchev–Trinajstić information content (AvgIpc) is 3.14. The van der Waals surface area contributed by atoms with Crippen LogP contribution in [0.2, 0.25) is 0 Å². The molecule has 0 bridgehead atoms. The molecule has 9 nitrogen and oxygen atoms in total. The molecule has 0 saturated heterocycles. The van der Waals surface area contributed by atoms with E-state index in [1.807, 2.05) is 44.4 Å². The molecule has 0 atom stereocenters. The van der Waals surface area contributed by atoms with Crippen LogP contribution in [0.15, 0.2) is 41.8 Å². The van der Waals surface area contributed by atoms with Gasteiger partial charge in [0, 0.05) is 26.9 Å². The summed E-state index contributed by atoms with van der Waals surface area (Å²) < 4.78 is 7.20. The van der Waals surface area contributed by atoms with E-state index in [-0.39, 0.29) is 0 Å². The predicted octanol–water partition coefficient (Wildman–Crippen LogP) is 1.73. The maximum absolute atomic E-state index is 5.66. The first-order valence-corrected chi connectivity index (χ1v) is 8.98. The number of rotatable bonds is 8. The molecule has 2 heterocycles. The van der Waals surface area contributed by atoms with Crippen LogP contribution in [0.4, 0.5) is 11.9 Å². The first-order valence-electron chi connectivity index (χ1n) is 7.99. The van der Waals surface area contributed by atoms with E-state index in [1.165, 1.54) is 16.4 Å². The monoisotopic (exact) mass is 372 g/mol. The van der Waals surface area contributed by atoms with Crippen LogP contribution in [-0.4, -0.2) is 63.2 Å². The number of aromatic nitrogens is 6. The Kier molecular flexibility index (Phi) is 5.84. The molecule has 0 amide bonds. The number of ether oxygens (including phenoxy) is 1. The number of hydrogen-bond donors (Lipinski definition) is 1. The Morgan fingerprint density at radius 2 is 1.96 bits per heavy atom. The van der Waals surface area contributed by atoms with Crippen LogP contribution in [0.3, 0.4) is 0 Å². The van der Waals surface area contributed by atoms with E-state index in [1.54, 1.807) is 18.3 Å².